The number of thioether (sulfide) groups is 1. The van der Waals surface area contributed by atoms with Crippen LogP contribution in [0.2, 0.25) is 0 Å². The Balaban J connectivity index is 2.16. The first-order valence-corrected chi connectivity index (χ1v) is 6.41. The zero-order valence-electron chi connectivity index (χ0n) is 8.80. The van der Waals surface area contributed by atoms with Gasteiger partial charge in [0.25, 0.3) is 0 Å². The number of benzene rings is 1. The molecule has 0 aromatic heterocycles. The zero-order chi connectivity index (χ0) is 11.5. The summed E-state index contributed by atoms with van der Waals surface area (Å²) in [6.07, 6.45) is 2.07. The molecule has 1 saturated heterocycles. The van der Waals surface area contributed by atoms with Gasteiger partial charge in [0.15, 0.2) is 11.6 Å². The molecule has 1 aromatic rings. The van der Waals surface area contributed by atoms with E-state index in [1.165, 1.54) is 6.07 Å². The van der Waals surface area contributed by atoms with E-state index in [2.05, 4.69) is 5.32 Å². The SMILES string of the molecule is Nc1ccc(F)c(F)c1NC1CCCSC1. The lowest BCUT2D eigenvalue weighted by Gasteiger charge is -2.24. The fourth-order valence-electron chi connectivity index (χ4n) is 1.77. The van der Waals surface area contributed by atoms with E-state index in [-0.39, 0.29) is 17.4 Å². The fraction of sp³-hybridized carbons (Fsp3) is 0.455. The Morgan fingerprint density at radius 1 is 1.38 bits per heavy atom. The Hall–Kier alpha value is -0.970. The van der Waals surface area contributed by atoms with E-state index < -0.39 is 11.6 Å². The molecule has 1 aliphatic rings. The molecule has 1 atom stereocenters. The molecule has 1 aromatic carbocycles. The highest BCUT2D eigenvalue weighted by atomic mass is 32.2. The van der Waals surface area contributed by atoms with Gasteiger partial charge in [0.05, 0.1) is 11.4 Å². The van der Waals surface area contributed by atoms with Crippen LogP contribution in [0.4, 0.5) is 20.2 Å². The first-order chi connectivity index (χ1) is 7.68. The quantitative estimate of drug-likeness (QED) is 0.786. The van der Waals surface area contributed by atoms with Crippen LogP contribution in [0.3, 0.4) is 0 Å². The highest BCUT2D eigenvalue weighted by Crippen LogP contribution is 2.28. The monoisotopic (exact) mass is 244 g/mol. The summed E-state index contributed by atoms with van der Waals surface area (Å²) in [6, 6.07) is 2.61. The van der Waals surface area contributed by atoms with Crippen molar-refractivity contribution in [2.75, 3.05) is 22.6 Å². The number of nitrogens with two attached hydrogens (primary N) is 1. The molecule has 1 heterocycles. The molecule has 0 saturated carbocycles. The van der Waals surface area contributed by atoms with Gasteiger partial charge in [-0.2, -0.15) is 11.8 Å². The molecule has 5 heteroatoms. The molecule has 1 fully saturated rings. The largest absolute Gasteiger partial charge is 0.397 e. The van der Waals surface area contributed by atoms with Crippen LogP contribution in [0.25, 0.3) is 0 Å². The maximum Gasteiger partial charge on any atom is 0.183 e. The lowest BCUT2D eigenvalue weighted by molar-refractivity contribution is 0.509. The second-order valence-electron chi connectivity index (χ2n) is 3.88. The van der Waals surface area contributed by atoms with Crippen LogP contribution in [0.1, 0.15) is 12.8 Å². The van der Waals surface area contributed by atoms with Gasteiger partial charge in [0.2, 0.25) is 0 Å². The van der Waals surface area contributed by atoms with E-state index >= 15 is 0 Å². The summed E-state index contributed by atoms with van der Waals surface area (Å²) in [5.74, 6) is 0.310. The molecule has 0 aliphatic carbocycles. The molecule has 0 amide bonds. The molecule has 1 aliphatic heterocycles. The third-order valence-corrected chi connectivity index (χ3v) is 3.85. The molecule has 2 nitrogen and oxygen atoms in total. The van der Waals surface area contributed by atoms with Gasteiger partial charge in [-0.25, -0.2) is 8.78 Å². The molecule has 0 radical (unpaired) electrons. The van der Waals surface area contributed by atoms with Gasteiger partial charge in [0.1, 0.15) is 0 Å². The Bertz CT molecular complexity index is 378. The van der Waals surface area contributed by atoms with E-state index in [9.17, 15) is 8.78 Å². The van der Waals surface area contributed by atoms with Crippen LogP contribution in [0.5, 0.6) is 0 Å². The number of hydrogen-bond acceptors (Lipinski definition) is 3. The summed E-state index contributed by atoms with van der Waals surface area (Å²) in [4.78, 5) is 0. The predicted molar refractivity (Wildman–Crippen MR) is 64.7 cm³/mol. The van der Waals surface area contributed by atoms with Crippen LogP contribution in [0, 0.1) is 11.6 Å². The summed E-state index contributed by atoms with van der Waals surface area (Å²) >= 11 is 1.82. The third kappa shape index (κ3) is 2.40. The molecule has 88 valence electrons. The smallest absolute Gasteiger partial charge is 0.183 e. The Kier molecular flexibility index (Phi) is 3.53. The van der Waals surface area contributed by atoms with Crippen molar-refractivity contribution in [1.29, 1.82) is 0 Å². The number of nitrogen functional groups attached to an aromatic ring is 1. The van der Waals surface area contributed by atoms with E-state index in [1.54, 1.807) is 0 Å². The van der Waals surface area contributed by atoms with Gasteiger partial charge < -0.3 is 11.1 Å². The average Bonchev–Trinajstić information content (AvgIpc) is 2.31. The lowest BCUT2D eigenvalue weighted by atomic mass is 10.1. The summed E-state index contributed by atoms with van der Waals surface area (Å²) in [5.41, 5.74) is 5.99. The van der Waals surface area contributed by atoms with Crippen molar-refractivity contribution in [3.63, 3.8) is 0 Å². The first kappa shape index (κ1) is 11.5. The van der Waals surface area contributed by atoms with Gasteiger partial charge in [0, 0.05) is 11.8 Å². The standard InChI is InChI=1S/C11H14F2N2S/c12-8-3-4-9(14)11(10(8)13)15-7-2-1-5-16-6-7/h3-4,7,15H,1-2,5-6,14H2. The minimum Gasteiger partial charge on any atom is -0.397 e. The van der Waals surface area contributed by atoms with Gasteiger partial charge in [-0.05, 0) is 30.7 Å². The summed E-state index contributed by atoms with van der Waals surface area (Å²) in [6.45, 7) is 0. The van der Waals surface area contributed by atoms with E-state index in [0.717, 1.165) is 30.4 Å². The van der Waals surface area contributed by atoms with Gasteiger partial charge >= 0.3 is 0 Å². The van der Waals surface area contributed by atoms with Gasteiger partial charge in [-0.1, -0.05) is 0 Å². The van der Waals surface area contributed by atoms with Crippen LogP contribution in [0.15, 0.2) is 12.1 Å². The van der Waals surface area contributed by atoms with Crippen LogP contribution >= 0.6 is 11.8 Å². The summed E-state index contributed by atoms with van der Waals surface area (Å²) < 4.78 is 26.5. The van der Waals surface area contributed by atoms with Crippen molar-refractivity contribution < 1.29 is 8.78 Å². The van der Waals surface area contributed by atoms with Crippen molar-refractivity contribution in [3.8, 4) is 0 Å². The van der Waals surface area contributed by atoms with Crippen molar-refractivity contribution in [3.05, 3.63) is 23.8 Å². The normalized spacial score (nSPS) is 20.8. The zero-order valence-corrected chi connectivity index (χ0v) is 9.62. The minimum atomic E-state index is -0.879. The van der Waals surface area contributed by atoms with Crippen LogP contribution in [-0.2, 0) is 0 Å². The molecule has 0 spiro atoms. The highest BCUT2D eigenvalue weighted by molar-refractivity contribution is 7.99. The molecule has 16 heavy (non-hydrogen) atoms. The number of hydrogen-bond donors (Lipinski definition) is 2. The second kappa shape index (κ2) is 4.91. The highest BCUT2D eigenvalue weighted by Gasteiger charge is 2.18. The van der Waals surface area contributed by atoms with Crippen LogP contribution in [-0.4, -0.2) is 17.5 Å². The Labute approximate surface area is 97.6 Å². The van der Waals surface area contributed by atoms with Crippen molar-refractivity contribution >= 4 is 23.1 Å². The predicted octanol–water partition coefficient (Wildman–Crippen LogP) is 2.85. The number of anilines is 2. The fourth-order valence-corrected chi connectivity index (χ4v) is 2.84. The minimum absolute atomic E-state index is 0.104. The summed E-state index contributed by atoms with van der Waals surface area (Å²) in [5, 5.41) is 3.00. The molecule has 0 bridgehead atoms. The molecular formula is C11H14F2N2S. The van der Waals surface area contributed by atoms with Crippen LogP contribution < -0.4 is 11.1 Å². The lowest BCUT2D eigenvalue weighted by Crippen LogP contribution is -2.26. The van der Waals surface area contributed by atoms with Gasteiger partial charge in [-0.3, -0.25) is 0 Å². The topological polar surface area (TPSA) is 38.0 Å². The van der Waals surface area contributed by atoms with E-state index in [1.807, 2.05) is 11.8 Å². The third-order valence-electron chi connectivity index (χ3n) is 2.64. The number of halogens is 2. The molecule has 2 rings (SSSR count). The van der Waals surface area contributed by atoms with Crippen molar-refractivity contribution in [2.45, 2.75) is 18.9 Å². The molecular weight excluding hydrogens is 230 g/mol. The Morgan fingerprint density at radius 2 is 2.19 bits per heavy atom. The molecule has 1 unspecified atom stereocenters. The van der Waals surface area contributed by atoms with Crippen molar-refractivity contribution in [2.24, 2.45) is 0 Å². The van der Waals surface area contributed by atoms with Crippen molar-refractivity contribution in [1.82, 2.24) is 0 Å². The maximum atomic E-state index is 13.5. The van der Waals surface area contributed by atoms with Gasteiger partial charge in [-0.15, -0.1) is 0 Å². The average molecular weight is 244 g/mol. The second-order valence-corrected chi connectivity index (χ2v) is 5.03. The molecule has 3 N–H and O–H groups in total. The first-order valence-electron chi connectivity index (χ1n) is 5.26. The number of rotatable bonds is 2. The van der Waals surface area contributed by atoms with E-state index in [0.29, 0.717) is 0 Å². The number of nitrogens with one attached hydrogen (secondary N) is 1. The Morgan fingerprint density at radius 3 is 2.88 bits per heavy atom. The maximum absolute atomic E-state index is 13.5. The summed E-state index contributed by atoms with van der Waals surface area (Å²) in [7, 11) is 0. The van der Waals surface area contributed by atoms with E-state index in [4.69, 9.17) is 5.73 Å².